The molecule has 0 N–H and O–H groups in total. The summed E-state index contributed by atoms with van der Waals surface area (Å²) in [6.07, 6.45) is 22.9. The number of anilines is 2. The van der Waals surface area contributed by atoms with Gasteiger partial charge in [-0.3, -0.25) is 0 Å². The summed E-state index contributed by atoms with van der Waals surface area (Å²) in [5.41, 5.74) is 21.6. The van der Waals surface area contributed by atoms with E-state index in [0.29, 0.717) is 17.8 Å². The summed E-state index contributed by atoms with van der Waals surface area (Å²) in [5, 5.41) is 1.53. The Kier molecular flexibility index (Phi) is 11.1. The Morgan fingerprint density at radius 1 is 0.600 bits per heavy atom. The highest BCUT2D eigenvalue weighted by Crippen LogP contribution is 2.63. The molecule has 0 amide bonds. The van der Waals surface area contributed by atoms with Gasteiger partial charge in [-0.15, -0.1) is 0 Å². The zero-order chi connectivity index (χ0) is 53.9. The number of nitrogens with zero attached hydrogens (tertiary/aromatic N) is 2. The monoisotopic (exact) mass is 1020 g/mol. The lowest BCUT2D eigenvalue weighted by Gasteiger charge is -2.57. The molecule has 3 nitrogen and oxygen atoms in total. The molecule has 2 saturated carbocycles. The molecule has 7 aliphatic carbocycles. The van der Waals surface area contributed by atoms with Crippen LogP contribution in [-0.2, 0) is 21.7 Å². The third-order valence-corrected chi connectivity index (χ3v) is 24.7. The Balaban J connectivity index is 1.19. The fraction of sp³-hybridized carbons (Fsp3) is 0.600. The van der Waals surface area contributed by atoms with E-state index in [0.717, 1.165) is 31.6 Å². The van der Waals surface area contributed by atoms with Gasteiger partial charge in [-0.05, 0) is 184 Å². The molecule has 0 bridgehead atoms. The zero-order valence-electron chi connectivity index (χ0n) is 50.6. The summed E-state index contributed by atoms with van der Waals surface area (Å²) in [4.78, 5) is 5.73. The summed E-state index contributed by atoms with van der Waals surface area (Å²) in [6, 6.07) is 17.8. The molecular weight excluding hydrogens is 924 g/mol. The molecule has 0 spiro atoms. The maximum Gasteiger partial charge on any atom is 0.251 e. The maximum atomic E-state index is 7.88. The molecule has 2 aromatic carbocycles. The third-order valence-electron chi connectivity index (χ3n) is 22.6. The van der Waals surface area contributed by atoms with Crippen molar-refractivity contribution in [2.45, 2.75) is 229 Å². The van der Waals surface area contributed by atoms with Gasteiger partial charge in [0.25, 0.3) is 6.71 Å². The lowest BCUT2D eigenvalue weighted by atomic mass is 9.29. The Labute approximate surface area is 457 Å². The average Bonchev–Trinajstić information content (AvgIpc) is 3.83. The molecule has 4 atom stereocenters. The summed E-state index contributed by atoms with van der Waals surface area (Å²) in [7, 11) is -1.53. The van der Waals surface area contributed by atoms with Crippen molar-refractivity contribution in [3.05, 3.63) is 134 Å². The van der Waals surface area contributed by atoms with E-state index in [1.807, 2.05) is 0 Å². The van der Waals surface area contributed by atoms with E-state index in [1.54, 1.807) is 22.2 Å². The van der Waals surface area contributed by atoms with Gasteiger partial charge in [-0.1, -0.05) is 195 Å². The molecular formula is C70H95BN2OSi. The van der Waals surface area contributed by atoms with Crippen LogP contribution in [0, 0.1) is 39.4 Å². The molecule has 9 aliphatic rings. The molecule has 2 aliphatic heterocycles. The minimum Gasteiger partial charge on any atom is -0.445 e. The van der Waals surface area contributed by atoms with Crippen LogP contribution in [0.15, 0.2) is 110 Å². The minimum atomic E-state index is -1.53. The van der Waals surface area contributed by atoms with Gasteiger partial charge in [0.2, 0.25) is 0 Å². The first-order valence-corrected chi connectivity index (χ1v) is 33.5. The van der Waals surface area contributed by atoms with Gasteiger partial charge in [-0.2, -0.15) is 0 Å². The number of hydrogen-bond acceptors (Lipinski definition) is 3. The van der Waals surface area contributed by atoms with E-state index in [-0.39, 0.29) is 56.1 Å². The number of benzene rings is 2. The van der Waals surface area contributed by atoms with Crippen molar-refractivity contribution in [1.29, 1.82) is 0 Å². The average molecular weight is 1020 g/mol. The van der Waals surface area contributed by atoms with Gasteiger partial charge < -0.3 is 14.2 Å². The standard InChI is InChI=1S/C70H95BN2OSi/c1-42-35-56-59-57(36-42)73(54-40-51-49(65(6,7)29-31-67(51,10)11)38-46(54)43-21-24-45(25-22-43)75(18,19)20)55-41-52-50(66(8,9)30-32-68(52,12)13)39-53(55)71(59)60-58-61(70(16,17)34-33-69(58,14)15)74-62(60)72(56)44-23-26-47-48(37-44)64(4,5)28-27-63(47,2)3/h21-26,36-40,49,51-52,56H,27-35,41H2,1-20H3. The number of rotatable bonds is 4. The van der Waals surface area contributed by atoms with Crippen LogP contribution in [0.4, 0.5) is 11.6 Å². The van der Waals surface area contributed by atoms with Crippen LogP contribution >= 0.6 is 0 Å². The van der Waals surface area contributed by atoms with E-state index < -0.39 is 8.07 Å². The van der Waals surface area contributed by atoms with Crippen molar-refractivity contribution < 1.29 is 4.42 Å². The van der Waals surface area contributed by atoms with Crippen LogP contribution in [0.25, 0.3) is 5.57 Å². The zero-order valence-corrected chi connectivity index (χ0v) is 51.6. The highest BCUT2D eigenvalue weighted by molar-refractivity contribution is 6.89. The summed E-state index contributed by atoms with van der Waals surface area (Å²) in [6.45, 7) is 50.7. The van der Waals surface area contributed by atoms with Gasteiger partial charge in [0.1, 0.15) is 5.76 Å². The van der Waals surface area contributed by atoms with Gasteiger partial charge >= 0.3 is 0 Å². The third kappa shape index (κ3) is 7.71. The fourth-order valence-electron chi connectivity index (χ4n) is 17.0. The molecule has 3 aromatic rings. The fourth-order valence-corrected chi connectivity index (χ4v) is 18.1. The van der Waals surface area contributed by atoms with Gasteiger partial charge in [-0.25, -0.2) is 0 Å². The lowest BCUT2D eigenvalue weighted by molar-refractivity contribution is 0.0323. The van der Waals surface area contributed by atoms with E-state index in [2.05, 4.69) is 214 Å². The first-order chi connectivity index (χ1) is 34.7. The van der Waals surface area contributed by atoms with Crippen LogP contribution in [0.3, 0.4) is 0 Å². The predicted octanol–water partition coefficient (Wildman–Crippen LogP) is 17.8. The highest BCUT2D eigenvalue weighted by atomic mass is 28.3. The number of allylic oxidation sites excluding steroid dienone is 8. The first kappa shape index (κ1) is 51.8. The molecule has 398 valence electrons. The topological polar surface area (TPSA) is 19.6 Å². The Bertz CT molecular complexity index is 3140. The number of fused-ring (bicyclic) bond motifs is 8. The van der Waals surface area contributed by atoms with E-state index >= 15 is 0 Å². The molecule has 1 aromatic heterocycles. The molecule has 12 rings (SSSR count). The second-order valence-corrected chi connectivity index (χ2v) is 37.7. The summed E-state index contributed by atoms with van der Waals surface area (Å²) >= 11 is 0. The molecule has 2 fully saturated rings. The molecule has 0 saturated heterocycles. The summed E-state index contributed by atoms with van der Waals surface area (Å²) in [5.74, 6) is 3.68. The van der Waals surface area contributed by atoms with Crippen LogP contribution in [0.2, 0.25) is 19.6 Å². The van der Waals surface area contributed by atoms with E-state index in [9.17, 15) is 0 Å². The second kappa shape index (κ2) is 16.1. The van der Waals surface area contributed by atoms with E-state index in [4.69, 9.17) is 4.42 Å². The van der Waals surface area contributed by atoms with Gasteiger partial charge in [0, 0.05) is 33.8 Å². The quantitative estimate of drug-likeness (QED) is 0.243. The van der Waals surface area contributed by atoms with Crippen molar-refractivity contribution >= 4 is 42.6 Å². The Hall–Kier alpha value is -3.96. The first-order valence-electron chi connectivity index (χ1n) is 30.0. The smallest absolute Gasteiger partial charge is 0.251 e. The van der Waals surface area contributed by atoms with Crippen LogP contribution in [0.5, 0.6) is 0 Å². The molecule has 4 unspecified atom stereocenters. The SMILES string of the molecule is CC1=CC2=C3B(C4=C(CC5C(=C4)C(C)(C)CCC5(C)C)N2C2=CC4C(C=C2c2ccc([Si](C)(C)C)cc2)C(C)(C)CCC4(C)C)c2c(oc4c2C(C)(C)CCC4(C)C)N(c2ccc4c(c2)C(C)(C)CCC4(C)C)C3C1. The Morgan fingerprint density at radius 2 is 1.19 bits per heavy atom. The van der Waals surface area contributed by atoms with E-state index in [1.165, 1.54) is 105 Å². The summed E-state index contributed by atoms with van der Waals surface area (Å²) < 4.78 is 7.88. The minimum absolute atomic E-state index is 0.0456. The molecule has 0 radical (unpaired) electrons. The van der Waals surface area contributed by atoms with Crippen molar-refractivity contribution in [2.75, 3.05) is 4.90 Å². The van der Waals surface area contributed by atoms with Crippen LogP contribution in [-0.4, -0.2) is 25.7 Å². The second-order valence-electron chi connectivity index (χ2n) is 32.6. The van der Waals surface area contributed by atoms with Crippen LogP contribution < -0.4 is 15.5 Å². The van der Waals surface area contributed by atoms with Gasteiger partial charge in [0.15, 0.2) is 5.88 Å². The molecule has 3 heterocycles. The largest absolute Gasteiger partial charge is 0.445 e. The van der Waals surface area contributed by atoms with Crippen molar-refractivity contribution in [3.63, 3.8) is 0 Å². The van der Waals surface area contributed by atoms with Crippen molar-refractivity contribution in [1.82, 2.24) is 4.90 Å². The normalized spacial score (nSPS) is 29.8. The van der Waals surface area contributed by atoms with Gasteiger partial charge in [0.05, 0.1) is 14.1 Å². The predicted molar refractivity (Wildman–Crippen MR) is 324 cm³/mol. The lowest BCUT2D eigenvalue weighted by Crippen LogP contribution is -2.59. The molecule has 5 heteroatoms. The highest BCUT2D eigenvalue weighted by Gasteiger charge is 2.59. The van der Waals surface area contributed by atoms with Crippen molar-refractivity contribution in [3.8, 4) is 0 Å². The van der Waals surface area contributed by atoms with Crippen LogP contribution in [0.1, 0.15) is 210 Å². The maximum absolute atomic E-state index is 7.88. The Morgan fingerprint density at radius 3 is 1.84 bits per heavy atom. The molecule has 75 heavy (non-hydrogen) atoms. The van der Waals surface area contributed by atoms with Crippen molar-refractivity contribution in [2.24, 2.45) is 39.4 Å². The number of furan rings is 1. The number of hydrogen-bond donors (Lipinski definition) is 0.